The van der Waals surface area contributed by atoms with Gasteiger partial charge in [-0.05, 0) is 31.6 Å². The number of hydrogen-bond donors (Lipinski definition) is 4. The molecule has 0 heterocycles. The molecule has 4 N–H and O–H groups in total. The van der Waals surface area contributed by atoms with E-state index in [0.717, 1.165) is 6.07 Å². The average molecular weight is 211 g/mol. The number of carboxylic acid groups (broad SMARTS) is 1. The summed E-state index contributed by atoms with van der Waals surface area (Å²) in [5.74, 6) is -1.72. The van der Waals surface area contributed by atoms with Gasteiger partial charge in [0, 0.05) is 6.07 Å². The molecule has 0 aromatic heterocycles. The first-order valence-corrected chi connectivity index (χ1v) is 4.49. The lowest BCUT2D eigenvalue weighted by Crippen LogP contribution is -2.11. The van der Waals surface area contributed by atoms with E-state index in [4.69, 9.17) is 5.11 Å². The molecule has 1 rings (SSSR count). The van der Waals surface area contributed by atoms with Crippen LogP contribution in [0, 0.1) is 0 Å². The summed E-state index contributed by atoms with van der Waals surface area (Å²) in [6, 6.07) is 2.33. The highest BCUT2D eigenvalue weighted by molar-refractivity contribution is 5.91. The highest BCUT2D eigenvalue weighted by atomic mass is 16.4. The number of phenolic OH excluding ortho intramolecular Hbond substituents is 1. The fourth-order valence-corrected chi connectivity index (χ4v) is 1.25. The number of benzene rings is 1. The molecule has 0 aliphatic rings. The average Bonchev–Trinajstić information content (AvgIpc) is 2.16. The van der Waals surface area contributed by atoms with Crippen LogP contribution in [0.4, 0.5) is 0 Å². The third-order valence-corrected chi connectivity index (χ3v) is 2.07. The van der Waals surface area contributed by atoms with Crippen LogP contribution in [0.1, 0.15) is 15.9 Å². The predicted octanol–water partition coefficient (Wildman–Crippen LogP) is 0.558. The number of aromatic hydroxyl groups is 2. The Kier molecular flexibility index (Phi) is 3.51. The van der Waals surface area contributed by atoms with Crippen molar-refractivity contribution in [2.75, 3.05) is 13.6 Å². The van der Waals surface area contributed by atoms with Gasteiger partial charge in [0.1, 0.15) is 17.1 Å². The summed E-state index contributed by atoms with van der Waals surface area (Å²) >= 11 is 0. The molecule has 1 aromatic rings. The number of carbonyl (C=O) groups is 1. The molecule has 0 aliphatic heterocycles. The standard InChI is InChI=1S/C10H13NO4/c1-11-3-2-6-4-7(10(14)15)9(13)5-8(6)12/h4-5,11-13H,2-3H2,1H3,(H,14,15). The van der Waals surface area contributed by atoms with E-state index in [9.17, 15) is 15.0 Å². The molecule has 0 atom stereocenters. The van der Waals surface area contributed by atoms with Gasteiger partial charge in [-0.25, -0.2) is 4.79 Å². The summed E-state index contributed by atoms with van der Waals surface area (Å²) in [6.07, 6.45) is 0.503. The van der Waals surface area contributed by atoms with Crippen molar-refractivity contribution < 1.29 is 20.1 Å². The molecule has 0 bridgehead atoms. The second-order valence-corrected chi connectivity index (χ2v) is 3.16. The third-order valence-electron chi connectivity index (χ3n) is 2.07. The zero-order chi connectivity index (χ0) is 11.4. The van der Waals surface area contributed by atoms with Gasteiger partial charge in [0.2, 0.25) is 0 Å². The van der Waals surface area contributed by atoms with Crippen LogP contribution in [0.15, 0.2) is 12.1 Å². The summed E-state index contributed by atoms with van der Waals surface area (Å²) in [4.78, 5) is 10.7. The van der Waals surface area contributed by atoms with E-state index in [2.05, 4.69) is 5.32 Å². The van der Waals surface area contributed by atoms with Crippen LogP contribution in [0.3, 0.4) is 0 Å². The fraction of sp³-hybridized carbons (Fsp3) is 0.300. The van der Waals surface area contributed by atoms with E-state index in [1.165, 1.54) is 6.07 Å². The Morgan fingerprint density at radius 1 is 1.33 bits per heavy atom. The minimum absolute atomic E-state index is 0.0900. The molecule has 0 spiro atoms. The van der Waals surface area contributed by atoms with Gasteiger partial charge in [0.25, 0.3) is 0 Å². The second kappa shape index (κ2) is 4.65. The Morgan fingerprint density at radius 3 is 2.53 bits per heavy atom. The van der Waals surface area contributed by atoms with Gasteiger partial charge >= 0.3 is 5.97 Å². The molecule has 0 radical (unpaired) electrons. The normalized spacial score (nSPS) is 10.2. The van der Waals surface area contributed by atoms with Crippen molar-refractivity contribution in [3.63, 3.8) is 0 Å². The monoisotopic (exact) mass is 211 g/mol. The first kappa shape index (κ1) is 11.3. The Morgan fingerprint density at radius 2 is 2.00 bits per heavy atom. The molecule has 0 saturated heterocycles. The van der Waals surface area contributed by atoms with Gasteiger partial charge in [-0.3, -0.25) is 0 Å². The number of hydrogen-bond acceptors (Lipinski definition) is 4. The van der Waals surface area contributed by atoms with Gasteiger partial charge in [-0.2, -0.15) is 0 Å². The summed E-state index contributed by atoms with van der Waals surface area (Å²) in [5.41, 5.74) is 0.304. The summed E-state index contributed by atoms with van der Waals surface area (Å²) in [7, 11) is 1.76. The number of likely N-dealkylation sites (N-methyl/N-ethyl adjacent to an activating group) is 1. The maximum atomic E-state index is 10.7. The highest BCUT2D eigenvalue weighted by Gasteiger charge is 2.13. The Balaban J connectivity index is 3.06. The van der Waals surface area contributed by atoms with Crippen molar-refractivity contribution in [3.8, 4) is 11.5 Å². The molecule has 82 valence electrons. The van der Waals surface area contributed by atoms with Crippen molar-refractivity contribution in [2.24, 2.45) is 0 Å². The van der Waals surface area contributed by atoms with E-state index in [1.807, 2.05) is 0 Å². The largest absolute Gasteiger partial charge is 0.508 e. The van der Waals surface area contributed by atoms with Crippen molar-refractivity contribution >= 4 is 5.97 Å². The molecule has 5 nitrogen and oxygen atoms in total. The zero-order valence-corrected chi connectivity index (χ0v) is 8.32. The van der Waals surface area contributed by atoms with E-state index in [1.54, 1.807) is 7.05 Å². The molecule has 0 amide bonds. The van der Waals surface area contributed by atoms with Gasteiger partial charge < -0.3 is 20.6 Å². The molecule has 5 heteroatoms. The predicted molar refractivity (Wildman–Crippen MR) is 54.4 cm³/mol. The molecule has 0 aliphatic carbocycles. The second-order valence-electron chi connectivity index (χ2n) is 3.16. The Bertz CT molecular complexity index is 376. The van der Waals surface area contributed by atoms with Crippen molar-refractivity contribution in [3.05, 3.63) is 23.3 Å². The van der Waals surface area contributed by atoms with Crippen LogP contribution in [0.2, 0.25) is 0 Å². The quantitative estimate of drug-likeness (QED) is 0.584. The van der Waals surface area contributed by atoms with Crippen LogP contribution in [-0.2, 0) is 6.42 Å². The van der Waals surface area contributed by atoms with Crippen LogP contribution < -0.4 is 5.32 Å². The van der Waals surface area contributed by atoms with Crippen molar-refractivity contribution in [2.45, 2.75) is 6.42 Å². The lowest BCUT2D eigenvalue weighted by molar-refractivity contribution is 0.0693. The lowest BCUT2D eigenvalue weighted by atomic mass is 10.1. The minimum atomic E-state index is -1.21. The maximum Gasteiger partial charge on any atom is 0.339 e. The van der Waals surface area contributed by atoms with Crippen molar-refractivity contribution in [1.29, 1.82) is 0 Å². The number of carboxylic acids is 1. The van der Waals surface area contributed by atoms with Crippen LogP contribution >= 0.6 is 0 Å². The molecule has 0 fully saturated rings. The summed E-state index contributed by atoms with van der Waals surface area (Å²) in [6.45, 7) is 0.622. The van der Waals surface area contributed by atoms with Gasteiger partial charge in [-0.15, -0.1) is 0 Å². The fourth-order valence-electron chi connectivity index (χ4n) is 1.25. The zero-order valence-electron chi connectivity index (χ0n) is 8.32. The highest BCUT2D eigenvalue weighted by Crippen LogP contribution is 2.27. The van der Waals surface area contributed by atoms with Crippen LogP contribution in [0.25, 0.3) is 0 Å². The molecular weight excluding hydrogens is 198 g/mol. The number of aromatic carboxylic acids is 1. The lowest BCUT2D eigenvalue weighted by Gasteiger charge is -2.07. The smallest absolute Gasteiger partial charge is 0.339 e. The Labute approximate surface area is 87.0 Å². The molecule has 15 heavy (non-hydrogen) atoms. The summed E-state index contributed by atoms with van der Waals surface area (Å²) in [5, 5.41) is 30.3. The van der Waals surface area contributed by atoms with E-state index < -0.39 is 11.7 Å². The Hall–Kier alpha value is -1.75. The number of rotatable bonds is 4. The first-order chi connectivity index (χ1) is 7.06. The molecular formula is C10H13NO4. The maximum absolute atomic E-state index is 10.7. The number of phenols is 2. The SMILES string of the molecule is CNCCc1cc(C(=O)O)c(O)cc1O. The van der Waals surface area contributed by atoms with Gasteiger partial charge in [0.15, 0.2) is 0 Å². The molecule has 0 unspecified atom stereocenters. The third kappa shape index (κ3) is 2.60. The van der Waals surface area contributed by atoms with E-state index in [-0.39, 0.29) is 11.3 Å². The van der Waals surface area contributed by atoms with Crippen LogP contribution in [0.5, 0.6) is 11.5 Å². The van der Waals surface area contributed by atoms with E-state index >= 15 is 0 Å². The summed E-state index contributed by atoms with van der Waals surface area (Å²) < 4.78 is 0. The molecule has 1 aromatic carbocycles. The van der Waals surface area contributed by atoms with E-state index in [0.29, 0.717) is 18.5 Å². The van der Waals surface area contributed by atoms with Crippen molar-refractivity contribution in [1.82, 2.24) is 5.32 Å². The van der Waals surface area contributed by atoms with Crippen LogP contribution in [-0.4, -0.2) is 34.9 Å². The van der Waals surface area contributed by atoms with Gasteiger partial charge in [-0.1, -0.05) is 0 Å². The minimum Gasteiger partial charge on any atom is -0.508 e. The molecule has 0 saturated carbocycles. The topological polar surface area (TPSA) is 89.8 Å². The number of nitrogens with one attached hydrogen (secondary N) is 1. The first-order valence-electron chi connectivity index (χ1n) is 4.49. The van der Waals surface area contributed by atoms with Gasteiger partial charge in [0.05, 0.1) is 0 Å².